The van der Waals surface area contributed by atoms with Crippen LogP contribution in [-0.4, -0.2) is 27.0 Å². The van der Waals surface area contributed by atoms with Gasteiger partial charge in [0.15, 0.2) is 5.69 Å². The standard InChI is InChI=1S/C13H19N3O3/c1-12(2)9(13(12,3)4)10(17)14-5-7-8(11(18)19)16-6-15-7/h6,9H,5H2,1-4H3,(H,14,17)(H,15,16)(H,18,19). The Kier molecular flexibility index (Phi) is 2.91. The lowest BCUT2D eigenvalue weighted by molar-refractivity contribution is -0.123. The topological polar surface area (TPSA) is 95.1 Å². The fraction of sp³-hybridized carbons (Fsp3) is 0.615. The molecule has 6 heteroatoms. The minimum absolute atomic E-state index is 0.0271. The van der Waals surface area contributed by atoms with Crippen LogP contribution in [0.25, 0.3) is 0 Å². The highest BCUT2D eigenvalue weighted by Crippen LogP contribution is 2.68. The molecule has 1 aromatic rings. The second-order valence-corrected chi connectivity index (χ2v) is 6.13. The van der Waals surface area contributed by atoms with Crippen molar-refractivity contribution in [3.8, 4) is 0 Å². The van der Waals surface area contributed by atoms with E-state index >= 15 is 0 Å². The molecule has 6 nitrogen and oxygen atoms in total. The molecule has 1 aromatic heterocycles. The Hall–Kier alpha value is -1.85. The molecular weight excluding hydrogens is 246 g/mol. The van der Waals surface area contributed by atoms with Gasteiger partial charge >= 0.3 is 5.97 Å². The summed E-state index contributed by atoms with van der Waals surface area (Å²) < 4.78 is 0. The molecule has 2 rings (SSSR count). The van der Waals surface area contributed by atoms with Crippen LogP contribution >= 0.6 is 0 Å². The highest BCUT2D eigenvalue weighted by atomic mass is 16.4. The summed E-state index contributed by atoms with van der Waals surface area (Å²) in [5.41, 5.74) is 0.313. The van der Waals surface area contributed by atoms with Crippen molar-refractivity contribution in [3.63, 3.8) is 0 Å². The number of rotatable bonds is 4. The number of imidazole rings is 1. The van der Waals surface area contributed by atoms with Gasteiger partial charge in [0.05, 0.1) is 18.6 Å². The van der Waals surface area contributed by atoms with Gasteiger partial charge in [-0.2, -0.15) is 0 Å². The van der Waals surface area contributed by atoms with Gasteiger partial charge in [-0.1, -0.05) is 27.7 Å². The molecule has 1 heterocycles. The van der Waals surface area contributed by atoms with Gasteiger partial charge in [-0.05, 0) is 10.8 Å². The summed E-state index contributed by atoms with van der Waals surface area (Å²) in [6, 6.07) is 0. The third-order valence-electron chi connectivity index (χ3n) is 4.64. The number of nitrogens with zero attached hydrogens (tertiary/aromatic N) is 1. The third-order valence-corrected chi connectivity index (χ3v) is 4.64. The summed E-state index contributed by atoms with van der Waals surface area (Å²) in [7, 11) is 0. The molecule has 104 valence electrons. The fourth-order valence-corrected chi connectivity index (χ4v) is 2.77. The van der Waals surface area contributed by atoms with Crippen LogP contribution in [0.15, 0.2) is 6.33 Å². The summed E-state index contributed by atoms with van der Waals surface area (Å²) in [4.78, 5) is 29.4. The van der Waals surface area contributed by atoms with Crippen molar-refractivity contribution in [2.24, 2.45) is 16.7 Å². The normalized spacial score (nSPS) is 20.0. The quantitative estimate of drug-likeness (QED) is 0.767. The number of aromatic carboxylic acids is 1. The van der Waals surface area contributed by atoms with Crippen LogP contribution in [0.5, 0.6) is 0 Å². The summed E-state index contributed by atoms with van der Waals surface area (Å²) in [6.45, 7) is 8.42. The Morgan fingerprint density at radius 1 is 1.37 bits per heavy atom. The van der Waals surface area contributed by atoms with E-state index in [-0.39, 0.29) is 34.9 Å². The number of aromatic nitrogens is 2. The van der Waals surface area contributed by atoms with Gasteiger partial charge in [0, 0.05) is 5.92 Å². The van der Waals surface area contributed by atoms with E-state index in [1.54, 1.807) is 0 Å². The van der Waals surface area contributed by atoms with E-state index in [2.05, 4.69) is 43.0 Å². The Morgan fingerprint density at radius 2 is 1.95 bits per heavy atom. The summed E-state index contributed by atoms with van der Waals surface area (Å²) in [5, 5.41) is 11.7. The molecule has 0 bridgehead atoms. The first-order valence-electron chi connectivity index (χ1n) is 6.23. The maximum absolute atomic E-state index is 12.1. The zero-order valence-corrected chi connectivity index (χ0v) is 11.6. The molecule has 0 aromatic carbocycles. The van der Waals surface area contributed by atoms with Crippen LogP contribution in [0.1, 0.15) is 43.9 Å². The van der Waals surface area contributed by atoms with Gasteiger partial charge in [0.25, 0.3) is 0 Å². The van der Waals surface area contributed by atoms with E-state index < -0.39 is 5.97 Å². The lowest BCUT2D eigenvalue weighted by Gasteiger charge is -2.05. The lowest BCUT2D eigenvalue weighted by atomic mass is 10.0. The highest BCUT2D eigenvalue weighted by molar-refractivity contribution is 5.87. The number of nitrogens with one attached hydrogen (secondary N) is 2. The Balaban J connectivity index is 1.99. The van der Waals surface area contributed by atoms with Crippen LogP contribution in [-0.2, 0) is 11.3 Å². The number of H-pyrrole nitrogens is 1. The number of hydrogen-bond acceptors (Lipinski definition) is 3. The SMILES string of the molecule is CC1(C)C(C(=O)NCc2[nH]cnc2C(=O)O)C1(C)C. The van der Waals surface area contributed by atoms with E-state index in [4.69, 9.17) is 5.11 Å². The minimum Gasteiger partial charge on any atom is -0.476 e. The second kappa shape index (κ2) is 4.08. The van der Waals surface area contributed by atoms with Crippen LogP contribution in [0.2, 0.25) is 0 Å². The highest BCUT2D eigenvalue weighted by Gasteiger charge is 2.68. The van der Waals surface area contributed by atoms with Crippen molar-refractivity contribution >= 4 is 11.9 Å². The Labute approximate surface area is 111 Å². The first kappa shape index (κ1) is 13.6. The molecule has 0 aliphatic heterocycles. The molecule has 0 spiro atoms. The molecule has 0 saturated heterocycles. The molecule has 0 atom stereocenters. The second-order valence-electron chi connectivity index (χ2n) is 6.13. The number of hydrogen-bond donors (Lipinski definition) is 3. The number of carboxylic acids is 1. The van der Waals surface area contributed by atoms with Gasteiger partial charge in [0.1, 0.15) is 0 Å². The van der Waals surface area contributed by atoms with Gasteiger partial charge < -0.3 is 15.4 Å². The van der Waals surface area contributed by atoms with E-state index in [0.717, 1.165) is 0 Å². The van der Waals surface area contributed by atoms with Crippen molar-refractivity contribution in [2.75, 3.05) is 0 Å². The number of carbonyl (C=O) groups excluding carboxylic acids is 1. The van der Waals surface area contributed by atoms with Crippen LogP contribution in [0.3, 0.4) is 0 Å². The number of carbonyl (C=O) groups is 2. The van der Waals surface area contributed by atoms with Crippen molar-refractivity contribution in [1.29, 1.82) is 0 Å². The molecule has 1 aliphatic rings. The van der Waals surface area contributed by atoms with E-state index in [1.807, 2.05) is 0 Å². The maximum Gasteiger partial charge on any atom is 0.356 e. The number of aromatic amines is 1. The zero-order chi connectivity index (χ0) is 14.4. The minimum atomic E-state index is -1.10. The van der Waals surface area contributed by atoms with Crippen LogP contribution in [0, 0.1) is 16.7 Å². The predicted octanol–water partition coefficient (Wildman–Crippen LogP) is 1.41. The molecule has 3 N–H and O–H groups in total. The number of amides is 1. The fourth-order valence-electron chi connectivity index (χ4n) is 2.77. The molecule has 1 fully saturated rings. The molecule has 1 amide bonds. The van der Waals surface area contributed by atoms with Crippen LogP contribution < -0.4 is 5.32 Å². The molecule has 1 aliphatic carbocycles. The average Bonchev–Trinajstić information content (AvgIpc) is 2.68. The Bertz CT molecular complexity index is 517. The predicted molar refractivity (Wildman–Crippen MR) is 68.4 cm³/mol. The average molecular weight is 265 g/mol. The van der Waals surface area contributed by atoms with Gasteiger partial charge in [-0.25, -0.2) is 9.78 Å². The van der Waals surface area contributed by atoms with Gasteiger partial charge in [-0.3, -0.25) is 4.79 Å². The van der Waals surface area contributed by atoms with Gasteiger partial charge in [0.2, 0.25) is 5.91 Å². The van der Waals surface area contributed by atoms with E-state index in [0.29, 0.717) is 5.69 Å². The van der Waals surface area contributed by atoms with Crippen molar-refractivity contribution in [2.45, 2.75) is 34.2 Å². The van der Waals surface area contributed by atoms with Gasteiger partial charge in [-0.15, -0.1) is 0 Å². The zero-order valence-electron chi connectivity index (χ0n) is 11.6. The Morgan fingerprint density at radius 3 is 2.42 bits per heavy atom. The monoisotopic (exact) mass is 265 g/mol. The van der Waals surface area contributed by atoms with E-state index in [1.165, 1.54) is 6.33 Å². The lowest BCUT2D eigenvalue weighted by Crippen LogP contribution is -2.27. The molecule has 1 saturated carbocycles. The summed E-state index contributed by atoms with van der Waals surface area (Å²) in [5.74, 6) is -1.19. The largest absolute Gasteiger partial charge is 0.476 e. The summed E-state index contributed by atoms with van der Waals surface area (Å²) in [6.07, 6.45) is 1.32. The molecular formula is C13H19N3O3. The summed E-state index contributed by atoms with van der Waals surface area (Å²) >= 11 is 0. The molecule has 0 radical (unpaired) electrons. The first-order valence-corrected chi connectivity index (χ1v) is 6.23. The van der Waals surface area contributed by atoms with Crippen LogP contribution in [0.4, 0.5) is 0 Å². The van der Waals surface area contributed by atoms with Crippen molar-refractivity contribution in [1.82, 2.24) is 15.3 Å². The van der Waals surface area contributed by atoms with E-state index in [9.17, 15) is 9.59 Å². The molecule has 0 unspecified atom stereocenters. The number of carboxylic acid groups (broad SMARTS) is 1. The van der Waals surface area contributed by atoms with Crippen molar-refractivity contribution in [3.05, 3.63) is 17.7 Å². The first-order chi connectivity index (χ1) is 8.69. The maximum atomic E-state index is 12.1. The third kappa shape index (κ3) is 2.01. The van der Waals surface area contributed by atoms with Crippen molar-refractivity contribution < 1.29 is 14.7 Å². The smallest absolute Gasteiger partial charge is 0.356 e. The molecule has 19 heavy (non-hydrogen) atoms.